The molecule has 0 N–H and O–H groups in total. The Kier molecular flexibility index (Phi) is 3.63. The van der Waals surface area contributed by atoms with Crippen LogP contribution in [0.2, 0.25) is 0 Å². The van der Waals surface area contributed by atoms with Crippen LogP contribution in [0.4, 0.5) is 0 Å². The van der Waals surface area contributed by atoms with E-state index in [0.717, 1.165) is 23.2 Å². The SMILES string of the molecule is Cc1cccc(C(=O)N2CCc3c(c(-c4nc(C)no4)nn3C)C2)c1. The molecule has 1 aromatic carbocycles. The van der Waals surface area contributed by atoms with E-state index in [1.807, 2.05) is 47.8 Å². The summed E-state index contributed by atoms with van der Waals surface area (Å²) in [7, 11) is 1.91. The first-order valence-corrected chi connectivity index (χ1v) is 8.24. The number of carbonyl (C=O) groups is 1. The van der Waals surface area contributed by atoms with Crippen molar-refractivity contribution in [2.45, 2.75) is 26.8 Å². The number of benzene rings is 1. The molecule has 1 aliphatic heterocycles. The van der Waals surface area contributed by atoms with E-state index in [2.05, 4.69) is 15.2 Å². The minimum atomic E-state index is 0.0332. The van der Waals surface area contributed by atoms with Crippen LogP contribution in [0.1, 0.15) is 33.0 Å². The number of nitrogens with zero attached hydrogens (tertiary/aromatic N) is 5. The third-order valence-corrected chi connectivity index (χ3v) is 4.52. The van der Waals surface area contributed by atoms with E-state index in [0.29, 0.717) is 36.1 Å². The molecule has 0 spiro atoms. The molecule has 0 unspecified atom stereocenters. The van der Waals surface area contributed by atoms with Crippen molar-refractivity contribution in [1.29, 1.82) is 0 Å². The molecule has 3 heterocycles. The maximum atomic E-state index is 12.9. The lowest BCUT2D eigenvalue weighted by atomic mass is 10.0. The van der Waals surface area contributed by atoms with Crippen molar-refractivity contribution in [2.24, 2.45) is 7.05 Å². The van der Waals surface area contributed by atoms with E-state index in [-0.39, 0.29) is 5.91 Å². The molecule has 2 aromatic heterocycles. The van der Waals surface area contributed by atoms with E-state index >= 15 is 0 Å². The van der Waals surface area contributed by atoms with Gasteiger partial charge < -0.3 is 9.42 Å². The van der Waals surface area contributed by atoms with Gasteiger partial charge in [-0.3, -0.25) is 9.48 Å². The fraction of sp³-hybridized carbons (Fsp3) is 0.333. The topological polar surface area (TPSA) is 77.1 Å². The predicted molar refractivity (Wildman–Crippen MR) is 90.9 cm³/mol. The lowest BCUT2D eigenvalue weighted by molar-refractivity contribution is 0.0733. The lowest BCUT2D eigenvalue weighted by Crippen LogP contribution is -2.36. The largest absolute Gasteiger partial charge is 0.334 e. The maximum Gasteiger partial charge on any atom is 0.278 e. The molecule has 0 saturated heterocycles. The average molecular weight is 337 g/mol. The van der Waals surface area contributed by atoms with E-state index in [1.165, 1.54) is 0 Å². The first kappa shape index (κ1) is 15.6. The number of aromatic nitrogens is 4. The van der Waals surface area contributed by atoms with E-state index in [1.54, 1.807) is 6.92 Å². The number of amides is 1. The number of rotatable bonds is 2. The summed E-state index contributed by atoms with van der Waals surface area (Å²) in [6, 6.07) is 7.68. The fourth-order valence-corrected chi connectivity index (χ4v) is 3.29. The van der Waals surface area contributed by atoms with Crippen molar-refractivity contribution >= 4 is 5.91 Å². The van der Waals surface area contributed by atoms with E-state index < -0.39 is 0 Å². The summed E-state index contributed by atoms with van der Waals surface area (Å²) in [6.07, 6.45) is 0.753. The molecular formula is C18H19N5O2. The van der Waals surface area contributed by atoms with Crippen LogP contribution in [0.25, 0.3) is 11.6 Å². The van der Waals surface area contributed by atoms with Gasteiger partial charge in [0.05, 0.1) is 6.54 Å². The Morgan fingerprint density at radius 2 is 2.12 bits per heavy atom. The van der Waals surface area contributed by atoms with E-state index in [9.17, 15) is 4.79 Å². The minimum absolute atomic E-state index is 0.0332. The van der Waals surface area contributed by atoms with Crippen molar-refractivity contribution in [3.63, 3.8) is 0 Å². The Morgan fingerprint density at radius 3 is 2.84 bits per heavy atom. The van der Waals surface area contributed by atoms with Gasteiger partial charge >= 0.3 is 0 Å². The van der Waals surface area contributed by atoms with Gasteiger partial charge in [0.2, 0.25) is 0 Å². The van der Waals surface area contributed by atoms with Gasteiger partial charge in [-0.15, -0.1) is 0 Å². The van der Waals surface area contributed by atoms with Gasteiger partial charge in [0, 0.05) is 36.8 Å². The zero-order valence-corrected chi connectivity index (χ0v) is 14.5. The van der Waals surface area contributed by atoms with Gasteiger partial charge in [0.15, 0.2) is 11.5 Å². The highest BCUT2D eigenvalue weighted by Gasteiger charge is 2.29. The van der Waals surface area contributed by atoms with Crippen molar-refractivity contribution in [2.75, 3.05) is 6.54 Å². The summed E-state index contributed by atoms with van der Waals surface area (Å²) < 4.78 is 7.13. The highest BCUT2D eigenvalue weighted by molar-refractivity contribution is 5.94. The molecule has 0 atom stereocenters. The van der Waals surface area contributed by atoms with Crippen LogP contribution < -0.4 is 0 Å². The van der Waals surface area contributed by atoms with E-state index in [4.69, 9.17) is 4.52 Å². The molecular weight excluding hydrogens is 318 g/mol. The molecule has 0 fully saturated rings. The maximum absolute atomic E-state index is 12.9. The Labute approximate surface area is 145 Å². The molecule has 0 bridgehead atoms. The zero-order chi connectivity index (χ0) is 17.6. The molecule has 0 aliphatic carbocycles. The Morgan fingerprint density at radius 1 is 1.28 bits per heavy atom. The first-order valence-electron chi connectivity index (χ1n) is 8.24. The molecule has 4 rings (SSSR count). The fourth-order valence-electron chi connectivity index (χ4n) is 3.29. The van der Waals surface area contributed by atoms with Crippen LogP contribution in [-0.4, -0.2) is 37.3 Å². The highest BCUT2D eigenvalue weighted by atomic mass is 16.5. The molecule has 0 radical (unpaired) electrons. The average Bonchev–Trinajstić information content (AvgIpc) is 3.17. The standard InChI is InChI=1S/C18H19N5O2/c1-11-5-4-6-13(9-11)18(24)23-8-7-15-14(10-23)16(20-22(15)3)17-19-12(2)21-25-17/h4-6,9H,7-8,10H2,1-3H3. The van der Waals surface area contributed by atoms with Crippen LogP contribution in [0.15, 0.2) is 28.8 Å². The summed E-state index contributed by atoms with van der Waals surface area (Å²) in [6.45, 7) is 4.92. The van der Waals surface area contributed by atoms with Crippen molar-refractivity contribution in [3.8, 4) is 11.6 Å². The van der Waals surface area contributed by atoms with Gasteiger partial charge in [-0.05, 0) is 26.0 Å². The lowest BCUT2D eigenvalue weighted by Gasteiger charge is -2.27. The molecule has 1 aliphatic rings. The van der Waals surface area contributed by atoms with Gasteiger partial charge in [-0.1, -0.05) is 22.9 Å². The summed E-state index contributed by atoms with van der Waals surface area (Å²) in [5.74, 6) is 1.00. The second-order valence-electron chi connectivity index (χ2n) is 6.39. The molecule has 128 valence electrons. The second-order valence-corrected chi connectivity index (χ2v) is 6.39. The van der Waals surface area contributed by atoms with Crippen LogP contribution in [0.3, 0.4) is 0 Å². The molecule has 25 heavy (non-hydrogen) atoms. The van der Waals surface area contributed by atoms with Gasteiger partial charge in [-0.2, -0.15) is 10.1 Å². The van der Waals surface area contributed by atoms with Gasteiger partial charge in [-0.25, -0.2) is 0 Å². The van der Waals surface area contributed by atoms with Crippen molar-refractivity contribution in [1.82, 2.24) is 24.8 Å². The molecule has 7 heteroatoms. The highest BCUT2D eigenvalue weighted by Crippen LogP contribution is 2.29. The first-order chi connectivity index (χ1) is 12.0. The third kappa shape index (κ3) is 2.71. The Hall–Kier alpha value is -2.96. The number of hydrogen-bond acceptors (Lipinski definition) is 5. The minimum Gasteiger partial charge on any atom is -0.334 e. The summed E-state index contributed by atoms with van der Waals surface area (Å²) in [5.41, 5.74) is 4.55. The van der Waals surface area contributed by atoms with Crippen LogP contribution in [0, 0.1) is 13.8 Å². The second kappa shape index (κ2) is 5.84. The predicted octanol–water partition coefficient (Wildman–Crippen LogP) is 2.29. The van der Waals surface area contributed by atoms with Crippen LogP contribution in [0.5, 0.6) is 0 Å². The summed E-state index contributed by atoms with van der Waals surface area (Å²) in [5, 5.41) is 8.39. The Balaban J connectivity index is 1.68. The number of carbonyl (C=O) groups excluding carboxylic acids is 1. The van der Waals surface area contributed by atoms with Crippen LogP contribution in [-0.2, 0) is 20.0 Å². The number of aryl methyl sites for hydroxylation is 3. The molecule has 1 amide bonds. The van der Waals surface area contributed by atoms with Gasteiger partial charge in [0.1, 0.15) is 0 Å². The van der Waals surface area contributed by atoms with Crippen molar-refractivity contribution in [3.05, 3.63) is 52.5 Å². The monoisotopic (exact) mass is 337 g/mol. The van der Waals surface area contributed by atoms with Crippen LogP contribution >= 0.6 is 0 Å². The van der Waals surface area contributed by atoms with Gasteiger partial charge in [0.25, 0.3) is 11.8 Å². The quantitative estimate of drug-likeness (QED) is 0.717. The third-order valence-electron chi connectivity index (χ3n) is 4.52. The summed E-state index contributed by atoms with van der Waals surface area (Å²) >= 11 is 0. The number of fused-ring (bicyclic) bond motifs is 1. The normalized spacial score (nSPS) is 13.8. The zero-order valence-electron chi connectivity index (χ0n) is 14.5. The Bertz CT molecular complexity index is 956. The summed E-state index contributed by atoms with van der Waals surface area (Å²) in [4.78, 5) is 19.0. The van der Waals surface area contributed by atoms with Crippen molar-refractivity contribution < 1.29 is 9.32 Å². The molecule has 7 nitrogen and oxygen atoms in total. The molecule has 0 saturated carbocycles. The smallest absolute Gasteiger partial charge is 0.278 e. The molecule has 3 aromatic rings. The number of hydrogen-bond donors (Lipinski definition) is 0.